The molecule has 0 fully saturated rings. The van der Waals surface area contributed by atoms with Crippen molar-refractivity contribution in [3.8, 4) is 11.5 Å². The first-order valence-corrected chi connectivity index (χ1v) is 10.9. The molecule has 1 heterocycles. The van der Waals surface area contributed by atoms with Crippen LogP contribution in [0.25, 0.3) is 0 Å². The van der Waals surface area contributed by atoms with Crippen LogP contribution in [-0.4, -0.2) is 39.5 Å². The van der Waals surface area contributed by atoms with Gasteiger partial charge in [-0.1, -0.05) is 28.1 Å². The van der Waals surface area contributed by atoms with E-state index in [2.05, 4.69) is 31.5 Å². The highest BCUT2D eigenvalue weighted by atomic mass is 79.9. The Morgan fingerprint density at radius 2 is 1.72 bits per heavy atom. The van der Waals surface area contributed by atoms with E-state index >= 15 is 0 Å². The third-order valence-electron chi connectivity index (χ3n) is 3.89. The monoisotopic (exact) mass is 483 g/mol. The van der Waals surface area contributed by atoms with Crippen molar-refractivity contribution in [2.24, 2.45) is 0 Å². The highest BCUT2D eigenvalue weighted by molar-refractivity contribution is 9.10. The molecular weight excluding hydrogens is 466 g/mol. The number of benzene rings is 2. The van der Waals surface area contributed by atoms with Gasteiger partial charge in [0.25, 0.3) is 5.91 Å². The number of sulfonamides is 1. The molecule has 29 heavy (non-hydrogen) atoms. The summed E-state index contributed by atoms with van der Waals surface area (Å²) in [6.45, 7) is -0.123. The van der Waals surface area contributed by atoms with Crippen LogP contribution in [0.5, 0.6) is 11.5 Å². The zero-order valence-corrected chi connectivity index (χ0v) is 17.5. The minimum atomic E-state index is -3.72. The van der Waals surface area contributed by atoms with Crippen molar-refractivity contribution in [1.29, 1.82) is 0 Å². The molecule has 1 aliphatic heterocycles. The maximum absolute atomic E-state index is 12.1. The summed E-state index contributed by atoms with van der Waals surface area (Å²) in [5.41, 5.74) is 4.46. The van der Waals surface area contributed by atoms with Crippen LogP contribution in [0.2, 0.25) is 0 Å². The molecule has 0 saturated heterocycles. The minimum Gasteiger partial charge on any atom is -0.485 e. The Balaban J connectivity index is 1.41. The molecule has 9 nitrogen and oxygen atoms in total. The van der Waals surface area contributed by atoms with Crippen molar-refractivity contribution in [3.05, 3.63) is 53.0 Å². The first-order valence-electron chi connectivity index (χ1n) is 8.57. The van der Waals surface area contributed by atoms with Crippen LogP contribution in [-0.2, 0) is 19.6 Å². The van der Waals surface area contributed by atoms with Crippen molar-refractivity contribution in [3.63, 3.8) is 0 Å². The van der Waals surface area contributed by atoms with Crippen molar-refractivity contribution < 1.29 is 27.5 Å². The van der Waals surface area contributed by atoms with Crippen LogP contribution in [0.4, 0.5) is 0 Å². The van der Waals surface area contributed by atoms with E-state index in [1.165, 1.54) is 12.1 Å². The van der Waals surface area contributed by atoms with Gasteiger partial charge in [0.05, 0.1) is 4.90 Å². The molecule has 0 radical (unpaired) electrons. The zero-order valence-electron chi connectivity index (χ0n) is 15.1. The Bertz CT molecular complexity index is 997. The molecular formula is C18H18BrN3O6S. The second kappa shape index (κ2) is 9.25. The minimum absolute atomic E-state index is 0.00566. The quantitative estimate of drug-likeness (QED) is 0.528. The number of hydrogen-bond acceptors (Lipinski definition) is 6. The number of halogens is 1. The summed E-state index contributed by atoms with van der Waals surface area (Å²) in [4.78, 5) is 24.1. The van der Waals surface area contributed by atoms with E-state index in [0.717, 1.165) is 4.47 Å². The maximum atomic E-state index is 12.1. The highest BCUT2D eigenvalue weighted by Crippen LogP contribution is 2.30. The lowest BCUT2D eigenvalue weighted by Gasteiger charge is -2.25. The van der Waals surface area contributed by atoms with Gasteiger partial charge in [-0.05, 0) is 36.4 Å². The summed E-state index contributed by atoms with van der Waals surface area (Å²) >= 11 is 3.23. The lowest BCUT2D eigenvalue weighted by molar-refractivity contribution is -0.135. The number of carbonyl (C=O) groups is 2. The summed E-state index contributed by atoms with van der Waals surface area (Å²) in [6, 6.07) is 13.0. The number of nitrogens with one attached hydrogen (secondary N) is 3. The molecule has 11 heteroatoms. The Morgan fingerprint density at radius 3 is 2.45 bits per heavy atom. The standard InChI is InChI=1S/C18H18BrN3O6S/c19-12-5-7-13(8-6-12)29(25,26)20-10-9-17(23)21-22-18(24)16-11-27-14-3-1-2-4-15(14)28-16/h1-8,16,20H,9-11H2,(H,21,23)(H,22,24)/t16-/m1/s1. The molecule has 2 aromatic carbocycles. The number of amides is 2. The average Bonchev–Trinajstić information content (AvgIpc) is 2.72. The molecule has 1 atom stereocenters. The Hall–Kier alpha value is -2.63. The largest absolute Gasteiger partial charge is 0.485 e. The van der Waals surface area contributed by atoms with Gasteiger partial charge in [-0.25, -0.2) is 13.1 Å². The van der Waals surface area contributed by atoms with E-state index in [1.807, 2.05) is 0 Å². The van der Waals surface area contributed by atoms with E-state index in [1.54, 1.807) is 36.4 Å². The summed E-state index contributed by atoms with van der Waals surface area (Å²) in [5.74, 6) is -0.163. The normalized spacial score (nSPS) is 15.4. The average molecular weight is 484 g/mol. The van der Waals surface area contributed by atoms with Gasteiger partial charge in [0.2, 0.25) is 22.0 Å². The fourth-order valence-corrected chi connectivity index (χ4v) is 3.72. The van der Waals surface area contributed by atoms with Gasteiger partial charge < -0.3 is 9.47 Å². The van der Waals surface area contributed by atoms with Crippen LogP contribution < -0.4 is 25.0 Å². The van der Waals surface area contributed by atoms with Gasteiger partial charge in [0.1, 0.15) is 6.61 Å². The second-order valence-electron chi connectivity index (χ2n) is 6.00. The van der Waals surface area contributed by atoms with Gasteiger partial charge in [0.15, 0.2) is 11.5 Å². The predicted octanol–water partition coefficient (Wildman–Crippen LogP) is 1.10. The topological polar surface area (TPSA) is 123 Å². The molecule has 0 bridgehead atoms. The maximum Gasteiger partial charge on any atom is 0.283 e. The molecule has 0 aliphatic carbocycles. The van der Waals surface area contributed by atoms with E-state index in [4.69, 9.17) is 9.47 Å². The molecule has 3 N–H and O–H groups in total. The fourth-order valence-electron chi connectivity index (χ4n) is 2.42. The summed E-state index contributed by atoms with van der Waals surface area (Å²) in [6.07, 6.45) is -1.08. The molecule has 0 saturated carbocycles. The number of carbonyl (C=O) groups excluding carboxylic acids is 2. The first-order chi connectivity index (χ1) is 13.8. The molecule has 3 rings (SSSR count). The molecule has 2 aromatic rings. The van der Waals surface area contributed by atoms with Crippen molar-refractivity contribution >= 4 is 37.8 Å². The predicted molar refractivity (Wildman–Crippen MR) is 107 cm³/mol. The lowest BCUT2D eigenvalue weighted by atomic mass is 10.2. The highest BCUT2D eigenvalue weighted by Gasteiger charge is 2.27. The fraction of sp³-hybridized carbons (Fsp3) is 0.222. The number of para-hydroxylation sites is 2. The molecule has 154 valence electrons. The van der Waals surface area contributed by atoms with Crippen LogP contribution >= 0.6 is 15.9 Å². The first kappa shape index (κ1) is 21.1. The van der Waals surface area contributed by atoms with Gasteiger partial charge in [-0.3, -0.25) is 20.4 Å². The Kier molecular flexibility index (Phi) is 6.72. The van der Waals surface area contributed by atoms with Crippen LogP contribution in [0.15, 0.2) is 57.9 Å². The van der Waals surface area contributed by atoms with Gasteiger partial charge in [0, 0.05) is 17.4 Å². The van der Waals surface area contributed by atoms with Gasteiger partial charge >= 0.3 is 0 Å². The molecule has 0 unspecified atom stereocenters. The van der Waals surface area contributed by atoms with Crippen molar-refractivity contribution in [1.82, 2.24) is 15.6 Å². The van der Waals surface area contributed by atoms with Crippen LogP contribution in [0.1, 0.15) is 6.42 Å². The Morgan fingerprint density at radius 1 is 1.03 bits per heavy atom. The summed E-state index contributed by atoms with van der Waals surface area (Å²) in [7, 11) is -3.72. The third kappa shape index (κ3) is 5.68. The summed E-state index contributed by atoms with van der Waals surface area (Å²) in [5, 5.41) is 0. The van der Waals surface area contributed by atoms with Crippen molar-refractivity contribution in [2.75, 3.05) is 13.2 Å². The number of rotatable bonds is 6. The third-order valence-corrected chi connectivity index (χ3v) is 5.90. The van der Waals surface area contributed by atoms with Gasteiger partial charge in [-0.15, -0.1) is 0 Å². The van der Waals surface area contributed by atoms with Crippen molar-refractivity contribution in [2.45, 2.75) is 17.4 Å². The van der Waals surface area contributed by atoms with E-state index in [9.17, 15) is 18.0 Å². The molecule has 0 aromatic heterocycles. The summed E-state index contributed by atoms with van der Waals surface area (Å²) < 4.78 is 38.3. The smallest absolute Gasteiger partial charge is 0.283 e. The number of hydrogen-bond donors (Lipinski definition) is 3. The number of hydrazine groups is 1. The van der Waals surface area contributed by atoms with Crippen LogP contribution in [0, 0.1) is 0 Å². The SMILES string of the molecule is O=C(CCNS(=O)(=O)c1ccc(Br)cc1)NNC(=O)[C@H]1COc2ccccc2O1. The van der Waals surface area contributed by atoms with E-state index < -0.39 is 27.9 Å². The zero-order chi connectivity index (χ0) is 20.9. The van der Waals surface area contributed by atoms with Gasteiger partial charge in [-0.2, -0.15) is 0 Å². The van der Waals surface area contributed by atoms with E-state index in [0.29, 0.717) is 11.5 Å². The molecule has 2 amide bonds. The van der Waals surface area contributed by atoms with E-state index in [-0.39, 0.29) is 24.5 Å². The number of ether oxygens (including phenoxy) is 2. The molecule has 1 aliphatic rings. The Labute approximate surface area is 175 Å². The lowest BCUT2D eigenvalue weighted by Crippen LogP contribution is -2.51. The second-order valence-corrected chi connectivity index (χ2v) is 8.69. The molecule has 0 spiro atoms. The van der Waals surface area contributed by atoms with Crippen LogP contribution in [0.3, 0.4) is 0 Å². The number of fused-ring (bicyclic) bond motifs is 1.